The molecule has 3 N–H and O–H groups in total. The molecule has 2 atom stereocenters. The van der Waals surface area contributed by atoms with Crippen LogP contribution in [-0.2, 0) is 6.18 Å². The molecule has 0 radical (unpaired) electrons. The predicted molar refractivity (Wildman–Crippen MR) is 73.7 cm³/mol. The number of rotatable bonds is 2. The molecule has 0 aliphatic carbocycles. The van der Waals surface area contributed by atoms with Crippen LogP contribution in [0.1, 0.15) is 19.5 Å². The van der Waals surface area contributed by atoms with Crippen LogP contribution < -0.4 is 16.2 Å². The van der Waals surface area contributed by atoms with Gasteiger partial charge in [-0.3, -0.25) is 10.3 Å². The van der Waals surface area contributed by atoms with Gasteiger partial charge in [0.05, 0.1) is 0 Å². The van der Waals surface area contributed by atoms with Crippen molar-refractivity contribution in [3.63, 3.8) is 0 Å². The predicted octanol–water partition coefficient (Wildman–Crippen LogP) is 1.31. The van der Waals surface area contributed by atoms with Crippen molar-refractivity contribution in [3.8, 4) is 0 Å². The standard InChI is InChI=1S/C12H19F3N6/c1-7-5-21(6-8(2)20(7)3)10-4-9(12(13,14)15)17-11(18-10)19-16/h4,7-8H,5-6,16H2,1-3H3,(H,17,18,19). The van der Waals surface area contributed by atoms with Gasteiger partial charge in [0, 0.05) is 31.2 Å². The Bertz CT molecular complexity index is 494. The molecule has 6 nitrogen and oxygen atoms in total. The molecule has 2 heterocycles. The van der Waals surface area contributed by atoms with Crippen LogP contribution in [0.15, 0.2) is 6.07 Å². The maximum absolute atomic E-state index is 12.9. The number of hydrogen-bond donors (Lipinski definition) is 2. The number of nitrogen functional groups attached to an aromatic ring is 1. The van der Waals surface area contributed by atoms with Crippen LogP contribution in [0, 0.1) is 0 Å². The Morgan fingerprint density at radius 3 is 2.29 bits per heavy atom. The van der Waals surface area contributed by atoms with E-state index in [1.807, 2.05) is 25.8 Å². The highest BCUT2D eigenvalue weighted by atomic mass is 19.4. The van der Waals surface area contributed by atoms with Crippen LogP contribution in [0.4, 0.5) is 24.9 Å². The summed E-state index contributed by atoms with van der Waals surface area (Å²) in [7, 11) is 2.00. The second kappa shape index (κ2) is 5.64. The fourth-order valence-electron chi connectivity index (χ4n) is 2.40. The first-order chi connectivity index (χ1) is 9.72. The highest BCUT2D eigenvalue weighted by molar-refractivity contribution is 5.46. The minimum absolute atomic E-state index is 0.215. The molecule has 1 aliphatic rings. The Kier molecular flexibility index (Phi) is 4.24. The number of nitrogens with one attached hydrogen (secondary N) is 1. The minimum Gasteiger partial charge on any atom is -0.353 e. The number of anilines is 2. The highest BCUT2D eigenvalue weighted by Gasteiger charge is 2.35. The lowest BCUT2D eigenvalue weighted by Crippen LogP contribution is -2.55. The number of hydrogen-bond acceptors (Lipinski definition) is 6. The summed E-state index contributed by atoms with van der Waals surface area (Å²) in [4.78, 5) is 11.4. The lowest BCUT2D eigenvalue weighted by molar-refractivity contribution is -0.141. The molecular formula is C12H19F3N6. The van der Waals surface area contributed by atoms with E-state index >= 15 is 0 Å². The van der Waals surface area contributed by atoms with E-state index in [2.05, 4.69) is 20.3 Å². The zero-order chi connectivity index (χ0) is 15.8. The van der Waals surface area contributed by atoms with E-state index in [-0.39, 0.29) is 23.8 Å². The SMILES string of the molecule is CC1CN(c2cc(C(F)(F)F)nc(NN)n2)CC(C)N1C. The first-order valence-corrected chi connectivity index (χ1v) is 6.62. The van der Waals surface area contributed by atoms with Crippen molar-refractivity contribution in [2.45, 2.75) is 32.1 Å². The highest BCUT2D eigenvalue weighted by Crippen LogP contribution is 2.31. The molecule has 1 aliphatic heterocycles. The molecule has 0 bridgehead atoms. The maximum Gasteiger partial charge on any atom is 0.433 e. The molecule has 1 saturated heterocycles. The zero-order valence-electron chi connectivity index (χ0n) is 12.1. The third-order valence-corrected chi connectivity index (χ3v) is 3.82. The number of aromatic nitrogens is 2. The van der Waals surface area contributed by atoms with E-state index < -0.39 is 11.9 Å². The smallest absolute Gasteiger partial charge is 0.353 e. The maximum atomic E-state index is 12.9. The molecular weight excluding hydrogens is 285 g/mol. The molecule has 1 aromatic rings. The first-order valence-electron chi connectivity index (χ1n) is 6.62. The van der Waals surface area contributed by atoms with Crippen molar-refractivity contribution < 1.29 is 13.2 Å². The Balaban J connectivity index is 2.35. The summed E-state index contributed by atoms with van der Waals surface area (Å²) >= 11 is 0. The lowest BCUT2D eigenvalue weighted by Gasteiger charge is -2.43. The Labute approximate surface area is 121 Å². The number of alkyl halides is 3. The van der Waals surface area contributed by atoms with Crippen molar-refractivity contribution in [3.05, 3.63) is 11.8 Å². The van der Waals surface area contributed by atoms with Crippen LogP contribution in [0.5, 0.6) is 0 Å². The molecule has 118 valence electrons. The minimum atomic E-state index is -4.53. The summed E-state index contributed by atoms with van der Waals surface area (Å²) in [6, 6.07) is 1.39. The summed E-state index contributed by atoms with van der Waals surface area (Å²) < 4.78 is 38.6. The topological polar surface area (TPSA) is 70.3 Å². The van der Waals surface area contributed by atoms with E-state index in [1.54, 1.807) is 0 Å². The van der Waals surface area contributed by atoms with Crippen molar-refractivity contribution >= 4 is 11.8 Å². The number of halogens is 3. The number of likely N-dealkylation sites (N-methyl/N-ethyl adjacent to an activating group) is 1. The third kappa shape index (κ3) is 3.35. The fourth-order valence-corrected chi connectivity index (χ4v) is 2.40. The second-order valence-electron chi connectivity index (χ2n) is 5.35. The Hall–Kier alpha value is -1.61. The van der Waals surface area contributed by atoms with Crippen LogP contribution in [0.25, 0.3) is 0 Å². The van der Waals surface area contributed by atoms with Gasteiger partial charge in [-0.15, -0.1) is 0 Å². The lowest BCUT2D eigenvalue weighted by atomic mass is 10.1. The van der Waals surface area contributed by atoms with E-state index in [0.29, 0.717) is 13.1 Å². The summed E-state index contributed by atoms with van der Waals surface area (Å²) in [5, 5.41) is 0. The zero-order valence-corrected chi connectivity index (χ0v) is 12.1. The molecule has 0 spiro atoms. The van der Waals surface area contributed by atoms with E-state index in [9.17, 15) is 13.2 Å². The third-order valence-electron chi connectivity index (χ3n) is 3.82. The second-order valence-corrected chi connectivity index (χ2v) is 5.35. The van der Waals surface area contributed by atoms with Gasteiger partial charge in [-0.1, -0.05) is 0 Å². The fraction of sp³-hybridized carbons (Fsp3) is 0.667. The molecule has 1 aromatic heterocycles. The average Bonchev–Trinajstić information content (AvgIpc) is 2.42. The monoisotopic (exact) mass is 304 g/mol. The summed E-state index contributed by atoms with van der Waals surface area (Å²) in [5.74, 6) is 5.16. The van der Waals surface area contributed by atoms with Crippen molar-refractivity contribution in [1.82, 2.24) is 14.9 Å². The van der Waals surface area contributed by atoms with Gasteiger partial charge in [-0.05, 0) is 20.9 Å². The average molecular weight is 304 g/mol. The van der Waals surface area contributed by atoms with Gasteiger partial charge in [0.2, 0.25) is 5.95 Å². The van der Waals surface area contributed by atoms with Crippen molar-refractivity contribution in [2.24, 2.45) is 5.84 Å². The molecule has 0 aromatic carbocycles. The van der Waals surface area contributed by atoms with E-state index in [4.69, 9.17) is 5.84 Å². The summed E-state index contributed by atoms with van der Waals surface area (Å²) in [6.45, 7) is 5.24. The van der Waals surface area contributed by atoms with Gasteiger partial charge in [0.25, 0.3) is 0 Å². The Morgan fingerprint density at radius 2 is 1.81 bits per heavy atom. The van der Waals surface area contributed by atoms with Gasteiger partial charge in [0.15, 0.2) is 5.69 Å². The molecule has 0 amide bonds. The van der Waals surface area contributed by atoms with Gasteiger partial charge < -0.3 is 4.90 Å². The largest absolute Gasteiger partial charge is 0.433 e. The molecule has 9 heteroatoms. The number of nitrogens with two attached hydrogens (primary N) is 1. The normalized spacial score (nSPS) is 24.2. The summed E-state index contributed by atoms with van der Waals surface area (Å²) in [5.41, 5.74) is 1.09. The van der Waals surface area contributed by atoms with Gasteiger partial charge in [0.1, 0.15) is 5.82 Å². The van der Waals surface area contributed by atoms with Crippen molar-refractivity contribution in [1.29, 1.82) is 0 Å². The molecule has 0 saturated carbocycles. The number of piperazine rings is 1. The van der Waals surface area contributed by atoms with E-state index in [1.165, 1.54) is 0 Å². The van der Waals surface area contributed by atoms with Crippen LogP contribution in [0.3, 0.4) is 0 Å². The van der Waals surface area contributed by atoms with Crippen LogP contribution in [-0.4, -0.2) is 47.1 Å². The van der Waals surface area contributed by atoms with Gasteiger partial charge in [-0.2, -0.15) is 18.2 Å². The molecule has 1 fully saturated rings. The molecule has 2 rings (SSSR count). The molecule has 21 heavy (non-hydrogen) atoms. The van der Waals surface area contributed by atoms with Gasteiger partial charge >= 0.3 is 6.18 Å². The van der Waals surface area contributed by atoms with Crippen LogP contribution in [0.2, 0.25) is 0 Å². The number of nitrogens with zero attached hydrogens (tertiary/aromatic N) is 4. The van der Waals surface area contributed by atoms with E-state index in [0.717, 1.165) is 6.07 Å². The van der Waals surface area contributed by atoms with Crippen molar-refractivity contribution in [2.75, 3.05) is 30.5 Å². The quantitative estimate of drug-likeness (QED) is 0.634. The summed E-state index contributed by atoms with van der Waals surface area (Å²) in [6.07, 6.45) is -4.53. The van der Waals surface area contributed by atoms with Crippen LogP contribution >= 0.6 is 0 Å². The van der Waals surface area contributed by atoms with Gasteiger partial charge in [-0.25, -0.2) is 10.8 Å². The number of hydrazine groups is 1. The first kappa shape index (κ1) is 15.8. The molecule has 2 unspecified atom stereocenters. The Morgan fingerprint density at radius 1 is 1.24 bits per heavy atom.